The maximum atomic E-state index is 11.4. The second kappa shape index (κ2) is 5.94. The van der Waals surface area contributed by atoms with E-state index in [0.29, 0.717) is 0 Å². The third-order valence-electron chi connectivity index (χ3n) is 4.26. The monoisotopic (exact) mass is 427 g/mol. The predicted molar refractivity (Wildman–Crippen MR) is 105 cm³/mol. The minimum Gasteiger partial charge on any atom is -0.481 e. The van der Waals surface area contributed by atoms with Crippen LogP contribution in [0.1, 0.15) is 5.56 Å². The number of hydrogen-bond acceptors (Lipinski definition) is 1. The van der Waals surface area contributed by atoms with Gasteiger partial charge in [0.15, 0.2) is 0 Å². The second-order valence-corrected chi connectivity index (χ2v) is 7.01. The zero-order valence-electron chi connectivity index (χ0n) is 12.7. The van der Waals surface area contributed by atoms with E-state index in [-0.39, 0.29) is 6.42 Å². The Balaban J connectivity index is 2.06. The lowest BCUT2D eigenvalue weighted by molar-refractivity contribution is -0.136. The van der Waals surface area contributed by atoms with Gasteiger partial charge in [-0.1, -0.05) is 42.5 Å². The average molecular weight is 427 g/mol. The summed E-state index contributed by atoms with van der Waals surface area (Å²) in [6.45, 7) is 0. The summed E-state index contributed by atoms with van der Waals surface area (Å²) in [6.07, 6.45) is -0.00134. The van der Waals surface area contributed by atoms with Crippen LogP contribution in [0, 0.1) is 3.57 Å². The second-order valence-electron chi connectivity index (χ2n) is 5.77. The van der Waals surface area contributed by atoms with Gasteiger partial charge in [0.05, 0.1) is 12.1 Å². The lowest BCUT2D eigenvalue weighted by atomic mass is 9.98. The Hall–Kier alpha value is -2.34. The fourth-order valence-electron chi connectivity index (χ4n) is 3.23. The van der Waals surface area contributed by atoms with Crippen LogP contribution < -0.4 is 0 Å². The molecule has 0 unspecified atom stereocenters. The molecule has 0 aliphatic heterocycles. The Labute approximate surface area is 152 Å². The molecule has 0 atom stereocenters. The van der Waals surface area contributed by atoms with Gasteiger partial charge in [-0.15, -0.1) is 0 Å². The Morgan fingerprint density at radius 2 is 1.79 bits per heavy atom. The number of aromatic nitrogens is 1. The van der Waals surface area contributed by atoms with Crippen molar-refractivity contribution in [2.24, 2.45) is 0 Å². The molecule has 0 amide bonds. The molecule has 3 nitrogen and oxygen atoms in total. The van der Waals surface area contributed by atoms with Crippen LogP contribution in [0.5, 0.6) is 0 Å². The molecule has 3 aromatic carbocycles. The molecule has 0 saturated heterocycles. The Morgan fingerprint density at radius 3 is 2.62 bits per heavy atom. The normalized spacial score (nSPS) is 11.2. The van der Waals surface area contributed by atoms with Gasteiger partial charge in [0.1, 0.15) is 0 Å². The first-order chi connectivity index (χ1) is 11.6. The van der Waals surface area contributed by atoms with Gasteiger partial charge in [0, 0.05) is 20.0 Å². The highest BCUT2D eigenvalue weighted by Gasteiger charge is 2.17. The van der Waals surface area contributed by atoms with Crippen LogP contribution in [0.2, 0.25) is 0 Å². The minimum absolute atomic E-state index is 0.00134. The van der Waals surface area contributed by atoms with E-state index in [4.69, 9.17) is 0 Å². The SMILES string of the molecule is O=C(O)Cc1c(-c2cccc3ccccc23)[nH]c2ccc(I)cc12. The average Bonchev–Trinajstić information content (AvgIpc) is 2.91. The summed E-state index contributed by atoms with van der Waals surface area (Å²) >= 11 is 2.26. The molecule has 118 valence electrons. The number of fused-ring (bicyclic) bond motifs is 2. The summed E-state index contributed by atoms with van der Waals surface area (Å²) in [5.41, 5.74) is 3.74. The molecule has 0 bridgehead atoms. The van der Waals surface area contributed by atoms with Crippen LogP contribution in [0.3, 0.4) is 0 Å². The molecule has 0 aliphatic rings. The van der Waals surface area contributed by atoms with E-state index in [1.165, 1.54) is 0 Å². The molecule has 1 aromatic heterocycles. The van der Waals surface area contributed by atoms with E-state index in [0.717, 1.165) is 42.1 Å². The third kappa shape index (κ3) is 2.57. The zero-order valence-corrected chi connectivity index (χ0v) is 14.9. The van der Waals surface area contributed by atoms with Crippen molar-refractivity contribution in [1.82, 2.24) is 4.98 Å². The summed E-state index contributed by atoms with van der Waals surface area (Å²) in [5, 5.41) is 12.6. The number of carboxylic acid groups (broad SMARTS) is 1. The highest BCUT2D eigenvalue weighted by Crippen LogP contribution is 2.35. The van der Waals surface area contributed by atoms with E-state index >= 15 is 0 Å². The summed E-state index contributed by atoms with van der Waals surface area (Å²) in [7, 11) is 0. The largest absolute Gasteiger partial charge is 0.481 e. The van der Waals surface area contributed by atoms with Crippen molar-refractivity contribution < 1.29 is 9.90 Å². The number of carbonyl (C=O) groups is 1. The molecular weight excluding hydrogens is 413 g/mol. The number of nitrogens with one attached hydrogen (secondary N) is 1. The first kappa shape index (κ1) is 15.2. The van der Waals surface area contributed by atoms with Gasteiger partial charge in [0.25, 0.3) is 0 Å². The van der Waals surface area contributed by atoms with Crippen LogP contribution >= 0.6 is 22.6 Å². The lowest BCUT2D eigenvalue weighted by Gasteiger charge is -2.07. The molecule has 4 heteroatoms. The number of benzene rings is 3. The summed E-state index contributed by atoms with van der Waals surface area (Å²) in [4.78, 5) is 14.9. The Bertz CT molecular complexity index is 1080. The maximum absolute atomic E-state index is 11.4. The van der Waals surface area contributed by atoms with E-state index < -0.39 is 5.97 Å². The van der Waals surface area contributed by atoms with Gasteiger partial charge in [-0.2, -0.15) is 0 Å². The lowest BCUT2D eigenvalue weighted by Crippen LogP contribution is -2.01. The fraction of sp³-hybridized carbons (Fsp3) is 0.0500. The molecule has 0 spiro atoms. The molecule has 0 aliphatic carbocycles. The standard InChI is InChI=1S/C20H14INO2/c21-13-8-9-18-16(10-13)17(11-19(23)24)20(22-18)15-7-3-5-12-4-1-2-6-14(12)15/h1-10,22H,11H2,(H,23,24). The van der Waals surface area contributed by atoms with Gasteiger partial charge in [0.2, 0.25) is 0 Å². The van der Waals surface area contributed by atoms with Crippen LogP contribution in [-0.4, -0.2) is 16.1 Å². The number of H-pyrrole nitrogens is 1. The summed E-state index contributed by atoms with van der Waals surface area (Å²) < 4.78 is 1.09. The molecule has 1 heterocycles. The van der Waals surface area contributed by atoms with Crippen LogP contribution in [-0.2, 0) is 11.2 Å². The van der Waals surface area contributed by atoms with Crippen molar-refractivity contribution in [1.29, 1.82) is 0 Å². The van der Waals surface area contributed by atoms with E-state index in [2.05, 4.69) is 45.8 Å². The molecule has 0 fully saturated rings. The van der Waals surface area contributed by atoms with Crippen LogP contribution in [0.25, 0.3) is 32.9 Å². The Morgan fingerprint density at radius 1 is 1.00 bits per heavy atom. The molecule has 4 rings (SSSR count). The summed E-state index contributed by atoms with van der Waals surface area (Å²) in [5.74, 6) is -0.823. The zero-order chi connectivity index (χ0) is 16.7. The number of carboxylic acids is 1. The van der Waals surface area contributed by atoms with Gasteiger partial charge < -0.3 is 10.1 Å². The first-order valence-corrected chi connectivity index (χ1v) is 8.71. The molecule has 4 aromatic rings. The topological polar surface area (TPSA) is 53.1 Å². The highest BCUT2D eigenvalue weighted by atomic mass is 127. The number of aliphatic carboxylic acids is 1. The van der Waals surface area contributed by atoms with E-state index in [1.807, 2.05) is 42.5 Å². The smallest absolute Gasteiger partial charge is 0.307 e. The third-order valence-corrected chi connectivity index (χ3v) is 4.93. The quantitative estimate of drug-likeness (QED) is 0.441. The van der Waals surface area contributed by atoms with Crippen molar-refractivity contribution >= 4 is 50.2 Å². The number of aromatic amines is 1. The highest BCUT2D eigenvalue weighted by molar-refractivity contribution is 14.1. The van der Waals surface area contributed by atoms with Crippen molar-refractivity contribution in [2.45, 2.75) is 6.42 Å². The van der Waals surface area contributed by atoms with Crippen LogP contribution in [0.15, 0.2) is 60.7 Å². The number of rotatable bonds is 3. The van der Waals surface area contributed by atoms with E-state index in [1.54, 1.807) is 0 Å². The van der Waals surface area contributed by atoms with Crippen molar-refractivity contribution in [2.75, 3.05) is 0 Å². The number of hydrogen-bond donors (Lipinski definition) is 2. The maximum Gasteiger partial charge on any atom is 0.307 e. The van der Waals surface area contributed by atoms with Crippen molar-refractivity contribution in [3.05, 3.63) is 69.8 Å². The van der Waals surface area contributed by atoms with Gasteiger partial charge in [-0.3, -0.25) is 4.79 Å². The molecule has 2 N–H and O–H groups in total. The van der Waals surface area contributed by atoms with Crippen LogP contribution in [0.4, 0.5) is 0 Å². The fourth-order valence-corrected chi connectivity index (χ4v) is 3.72. The van der Waals surface area contributed by atoms with Gasteiger partial charge >= 0.3 is 5.97 Å². The minimum atomic E-state index is -0.823. The van der Waals surface area contributed by atoms with Crippen molar-refractivity contribution in [3.8, 4) is 11.3 Å². The molecule has 0 radical (unpaired) electrons. The first-order valence-electron chi connectivity index (χ1n) is 7.63. The molecular formula is C20H14INO2. The summed E-state index contributed by atoms with van der Waals surface area (Å²) in [6, 6.07) is 20.4. The predicted octanol–water partition coefficient (Wildman–Crippen LogP) is 5.22. The number of halogens is 1. The van der Waals surface area contributed by atoms with Gasteiger partial charge in [-0.05, 0) is 57.1 Å². The molecule has 24 heavy (non-hydrogen) atoms. The molecule has 0 saturated carbocycles. The van der Waals surface area contributed by atoms with Gasteiger partial charge in [-0.25, -0.2) is 0 Å². The van der Waals surface area contributed by atoms with Crippen molar-refractivity contribution in [3.63, 3.8) is 0 Å². The Kier molecular flexibility index (Phi) is 3.76. The van der Waals surface area contributed by atoms with E-state index in [9.17, 15) is 9.90 Å².